The Balaban J connectivity index is 1.76. The largest absolute Gasteiger partial charge is 0.488 e. The summed E-state index contributed by atoms with van der Waals surface area (Å²) in [7, 11) is 0. The van der Waals surface area contributed by atoms with Crippen molar-refractivity contribution >= 4 is 17.2 Å². The molecule has 0 aliphatic carbocycles. The van der Waals surface area contributed by atoms with Gasteiger partial charge in [-0.05, 0) is 11.6 Å². The van der Waals surface area contributed by atoms with Crippen LogP contribution in [0.3, 0.4) is 0 Å². The summed E-state index contributed by atoms with van der Waals surface area (Å²) in [5, 5.41) is 0. The highest BCUT2D eigenvalue weighted by atomic mass is 32.1. The second-order valence-electron chi connectivity index (χ2n) is 4.32. The zero-order chi connectivity index (χ0) is 12.5. The monoisotopic (exact) mass is 259 g/mol. The van der Waals surface area contributed by atoms with E-state index >= 15 is 0 Å². The van der Waals surface area contributed by atoms with Gasteiger partial charge in [0.2, 0.25) is 0 Å². The van der Waals surface area contributed by atoms with E-state index in [1.165, 1.54) is 5.56 Å². The van der Waals surface area contributed by atoms with Gasteiger partial charge in [0.05, 0.1) is 6.54 Å². The van der Waals surface area contributed by atoms with Gasteiger partial charge in [-0.3, -0.25) is 0 Å². The van der Waals surface area contributed by atoms with Crippen LogP contribution in [0.25, 0.3) is 0 Å². The van der Waals surface area contributed by atoms with Crippen molar-refractivity contribution < 1.29 is 4.74 Å². The Morgan fingerprint density at radius 2 is 2.33 bits per heavy atom. The highest BCUT2D eigenvalue weighted by Gasteiger charge is 2.23. The molecule has 1 aromatic carbocycles. The summed E-state index contributed by atoms with van der Waals surface area (Å²) in [5.41, 5.74) is 6.87. The van der Waals surface area contributed by atoms with Gasteiger partial charge < -0.3 is 15.0 Å². The SMILES string of the molecule is NC(=S)c1nccn1CC1Cc2ccccc2O1. The molecule has 0 saturated carbocycles. The van der Waals surface area contributed by atoms with Crippen molar-refractivity contribution in [3.8, 4) is 5.75 Å². The first-order valence-electron chi connectivity index (χ1n) is 5.79. The maximum Gasteiger partial charge on any atom is 0.167 e. The molecule has 1 aliphatic rings. The number of imidazole rings is 1. The lowest BCUT2D eigenvalue weighted by Gasteiger charge is -2.13. The Bertz CT molecular complexity index is 568. The van der Waals surface area contributed by atoms with Crippen molar-refractivity contribution in [2.45, 2.75) is 19.1 Å². The first-order valence-corrected chi connectivity index (χ1v) is 6.20. The van der Waals surface area contributed by atoms with Crippen molar-refractivity contribution in [3.63, 3.8) is 0 Å². The molecule has 4 nitrogen and oxygen atoms in total. The van der Waals surface area contributed by atoms with Gasteiger partial charge in [0, 0.05) is 18.8 Å². The predicted octanol–water partition coefficient (Wildman–Crippen LogP) is 1.52. The number of nitrogens with zero attached hydrogens (tertiary/aromatic N) is 2. The molecular weight excluding hydrogens is 246 g/mol. The molecule has 5 heteroatoms. The Morgan fingerprint density at radius 1 is 1.50 bits per heavy atom. The van der Waals surface area contributed by atoms with E-state index in [0.717, 1.165) is 12.2 Å². The second kappa shape index (κ2) is 4.42. The highest BCUT2D eigenvalue weighted by molar-refractivity contribution is 7.80. The van der Waals surface area contributed by atoms with Crippen LogP contribution in [0.5, 0.6) is 5.75 Å². The van der Waals surface area contributed by atoms with E-state index in [-0.39, 0.29) is 6.10 Å². The first-order chi connectivity index (χ1) is 8.74. The molecule has 18 heavy (non-hydrogen) atoms. The van der Waals surface area contributed by atoms with E-state index in [1.54, 1.807) is 6.20 Å². The topological polar surface area (TPSA) is 53.1 Å². The summed E-state index contributed by atoms with van der Waals surface area (Å²) in [6, 6.07) is 8.11. The molecule has 1 atom stereocenters. The lowest BCUT2D eigenvalue weighted by atomic mass is 10.1. The van der Waals surface area contributed by atoms with Crippen molar-refractivity contribution in [3.05, 3.63) is 48.0 Å². The van der Waals surface area contributed by atoms with E-state index in [0.29, 0.717) is 17.4 Å². The van der Waals surface area contributed by atoms with Crippen LogP contribution >= 0.6 is 12.2 Å². The van der Waals surface area contributed by atoms with Gasteiger partial charge in [-0.1, -0.05) is 30.4 Å². The Morgan fingerprint density at radius 3 is 3.11 bits per heavy atom. The molecule has 1 aromatic heterocycles. The lowest BCUT2D eigenvalue weighted by molar-refractivity contribution is 0.209. The minimum Gasteiger partial charge on any atom is -0.488 e. The Hall–Kier alpha value is -1.88. The van der Waals surface area contributed by atoms with Crippen LogP contribution in [0.15, 0.2) is 36.7 Å². The average molecular weight is 259 g/mol. The number of nitrogens with two attached hydrogens (primary N) is 1. The number of hydrogen-bond acceptors (Lipinski definition) is 3. The summed E-state index contributed by atoms with van der Waals surface area (Å²) in [6.45, 7) is 0.710. The molecular formula is C13H13N3OS. The third-order valence-corrected chi connectivity index (χ3v) is 3.23. The summed E-state index contributed by atoms with van der Waals surface area (Å²) < 4.78 is 7.83. The van der Waals surface area contributed by atoms with Gasteiger partial charge >= 0.3 is 0 Å². The second-order valence-corrected chi connectivity index (χ2v) is 4.76. The van der Waals surface area contributed by atoms with Crippen LogP contribution in [-0.4, -0.2) is 20.6 Å². The number of rotatable bonds is 3. The molecule has 1 aliphatic heterocycles. The van der Waals surface area contributed by atoms with Gasteiger partial charge in [0.1, 0.15) is 16.8 Å². The smallest absolute Gasteiger partial charge is 0.167 e. The molecule has 0 radical (unpaired) electrons. The number of ether oxygens (including phenoxy) is 1. The lowest BCUT2D eigenvalue weighted by Crippen LogP contribution is -2.25. The highest BCUT2D eigenvalue weighted by Crippen LogP contribution is 2.28. The number of para-hydroxylation sites is 1. The molecule has 3 rings (SSSR count). The fourth-order valence-corrected chi connectivity index (χ4v) is 2.43. The third-order valence-electron chi connectivity index (χ3n) is 3.05. The quantitative estimate of drug-likeness (QED) is 0.849. The summed E-state index contributed by atoms with van der Waals surface area (Å²) in [6.07, 6.45) is 4.60. The third kappa shape index (κ3) is 1.97. The van der Waals surface area contributed by atoms with Crippen LogP contribution < -0.4 is 10.5 Å². The normalized spacial score (nSPS) is 17.2. The molecule has 2 heterocycles. The Kier molecular flexibility index (Phi) is 2.76. The van der Waals surface area contributed by atoms with E-state index in [9.17, 15) is 0 Å². The van der Waals surface area contributed by atoms with Crippen molar-refractivity contribution in [2.75, 3.05) is 0 Å². The van der Waals surface area contributed by atoms with Crippen LogP contribution in [0.2, 0.25) is 0 Å². The summed E-state index contributed by atoms with van der Waals surface area (Å²) in [5.74, 6) is 1.61. The maximum atomic E-state index is 5.88. The number of thiocarbonyl (C=S) groups is 1. The van der Waals surface area contributed by atoms with E-state index < -0.39 is 0 Å². The molecule has 0 bridgehead atoms. The van der Waals surface area contributed by atoms with Gasteiger partial charge in [0.15, 0.2) is 5.82 Å². The molecule has 92 valence electrons. The van der Waals surface area contributed by atoms with Gasteiger partial charge in [-0.15, -0.1) is 0 Å². The molecule has 1 unspecified atom stereocenters. The first kappa shape index (κ1) is 11.2. The number of aromatic nitrogens is 2. The van der Waals surface area contributed by atoms with Crippen LogP contribution in [0.4, 0.5) is 0 Å². The van der Waals surface area contributed by atoms with E-state index in [1.807, 2.05) is 29.0 Å². The number of fused-ring (bicyclic) bond motifs is 1. The Labute approximate surface area is 110 Å². The molecule has 0 fully saturated rings. The van der Waals surface area contributed by atoms with Crippen molar-refractivity contribution in [1.82, 2.24) is 9.55 Å². The predicted molar refractivity (Wildman–Crippen MR) is 72.7 cm³/mol. The minimum atomic E-state index is 0.115. The van der Waals surface area contributed by atoms with E-state index in [4.69, 9.17) is 22.7 Å². The fourth-order valence-electron chi connectivity index (χ4n) is 2.26. The molecule has 0 spiro atoms. The summed E-state index contributed by atoms with van der Waals surface area (Å²) in [4.78, 5) is 4.46. The molecule has 2 aromatic rings. The molecule has 0 saturated heterocycles. The average Bonchev–Trinajstić information content (AvgIpc) is 2.94. The van der Waals surface area contributed by atoms with E-state index in [2.05, 4.69) is 11.1 Å². The molecule has 2 N–H and O–H groups in total. The number of benzene rings is 1. The maximum absolute atomic E-state index is 5.88. The van der Waals surface area contributed by atoms with Crippen molar-refractivity contribution in [2.24, 2.45) is 5.73 Å². The minimum absolute atomic E-state index is 0.115. The summed E-state index contributed by atoms with van der Waals surface area (Å²) >= 11 is 4.97. The van der Waals surface area contributed by atoms with Crippen LogP contribution in [0.1, 0.15) is 11.4 Å². The number of hydrogen-bond donors (Lipinski definition) is 1. The zero-order valence-electron chi connectivity index (χ0n) is 9.74. The van der Waals surface area contributed by atoms with Gasteiger partial charge in [-0.2, -0.15) is 0 Å². The standard InChI is InChI=1S/C13H13N3OS/c14-12(18)13-15-5-6-16(13)8-10-7-9-3-1-2-4-11(9)17-10/h1-6,10H,7-8H2,(H2,14,18). The van der Waals surface area contributed by atoms with Crippen LogP contribution in [-0.2, 0) is 13.0 Å². The van der Waals surface area contributed by atoms with Gasteiger partial charge in [0.25, 0.3) is 0 Å². The zero-order valence-corrected chi connectivity index (χ0v) is 10.6. The van der Waals surface area contributed by atoms with Crippen LogP contribution in [0, 0.1) is 0 Å². The fraction of sp³-hybridized carbons (Fsp3) is 0.231. The van der Waals surface area contributed by atoms with Crippen molar-refractivity contribution in [1.29, 1.82) is 0 Å². The van der Waals surface area contributed by atoms with Gasteiger partial charge in [-0.25, -0.2) is 4.98 Å². The molecule has 0 amide bonds.